The lowest BCUT2D eigenvalue weighted by atomic mass is 9.87. The first-order chi connectivity index (χ1) is 22.2. The molecule has 5 heterocycles. The molecule has 4 aromatic rings. The van der Waals surface area contributed by atoms with E-state index in [2.05, 4.69) is 55.7 Å². The Morgan fingerprint density at radius 1 is 0.913 bits per heavy atom. The molecule has 0 aliphatic carbocycles. The lowest BCUT2D eigenvalue weighted by Crippen LogP contribution is -2.14. The zero-order valence-electron chi connectivity index (χ0n) is 26.6. The Morgan fingerprint density at radius 2 is 1.65 bits per heavy atom. The zero-order valence-corrected chi connectivity index (χ0v) is 27.5. The van der Waals surface area contributed by atoms with Gasteiger partial charge in [0.1, 0.15) is 5.82 Å². The summed E-state index contributed by atoms with van der Waals surface area (Å²) in [5.74, 6) is 3.16. The van der Waals surface area contributed by atoms with Crippen molar-refractivity contribution in [3.05, 3.63) is 87.0 Å². The highest BCUT2D eigenvalue weighted by Crippen LogP contribution is 2.37. The van der Waals surface area contributed by atoms with Crippen LogP contribution in [0.5, 0.6) is 23.0 Å². The number of aliphatic carboxylic acids is 1. The van der Waals surface area contributed by atoms with Crippen molar-refractivity contribution >= 4 is 23.1 Å². The highest BCUT2D eigenvalue weighted by Gasteiger charge is 2.22. The SMILES string of the molecule is CC(C)(C)c1ccc2c(c1)OCO2.O=C(O)C[C@H](Cc1csc(CCCc2ccc3c(n2)NCCC3)n1)c1ccc2c(c1)OCO2. The van der Waals surface area contributed by atoms with Crippen LogP contribution in [0.15, 0.2) is 53.9 Å². The van der Waals surface area contributed by atoms with Crippen LogP contribution in [0.25, 0.3) is 0 Å². The van der Waals surface area contributed by atoms with Gasteiger partial charge < -0.3 is 29.4 Å². The van der Waals surface area contributed by atoms with Crippen molar-refractivity contribution in [3.8, 4) is 23.0 Å². The molecule has 2 aromatic heterocycles. The minimum absolute atomic E-state index is 0.0462. The van der Waals surface area contributed by atoms with Gasteiger partial charge in [-0.3, -0.25) is 4.79 Å². The first kappa shape index (κ1) is 31.7. The van der Waals surface area contributed by atoms with E-state index >= 15 is 0 Å². The normalized spacial score (nSPS) is 14.9. The van der Waals surface area contributed by atoms with Crippen molar-refractivity contribution in [2.75, 3.05) is 25.4 Å². The van der Waals surface area contributed by atoms with Crippen LogP contribution in [0, 0.1) is 0 Å². The first-order valence-corrected chi connectivity index (χ1v) is 16.8. The van der Waals surface area contributed by atoms with E-state index in [1.54, 1.807) is 11.3 Å². The standard InChI is InChI=1S/C25H27N3O4S.C11H14O2/c29-24(30)13-18(17-7-9-21-22(12-17)32-15-31-21)11-20-14-33-23(27-20)5-1-4-19-8-6-16-3-2-10-26-25(16)28-19;1-11(2,3)8-4-5-9-10(6-8)13-7-12-9/h6-9,12,14,18H,1-5,10-11,13,15H2,(H,26,28)(H,29,30);4-6H,7H2,1-3H3/t18-;/m0./s1. The number of anilines is 1. The Balaban J connectivity index is 0.000000238. The summed E-state index contributed by atoms with van der Waals surface area (Å²) in [5.41, 5.74) is 5.74. The molecule has 2 N–H and O–H groups in total. The van der Waals surface area contributed by atoms with Crippen molar-refractivity contribution in [1.29, 1.82) is 0 Å². The minimum atomic E-state index is -0.819. The number of ether oxygens (including phenoxy) is 4. The smallest absolute Gasteiger partial charge is 0.303 e. The van der Waals surface area contributed by atoms with Crippen LogP contribution in [0.2, 0.25) is 0 Å². The third kappa shape index (κ3) is 7.91. The summed E-state index contributed by atoms with van der Waals surface area (Å²) < 4.78 is 21.4. The van der Waals surface area contributed by atoms with Gasteiger partial charge in [0.25, 0.3) is 0 Å². The molecule has 0 fully saturated rings. The van der Waals surface area contributed by atoms with Crippen LogP contribution in [0.1, 0.15) is 79.0 Å². The molecule has 10 heteroatoms. The van der Waals surface area contributed by atoms with Crippen LogP contribution in [0.3, 0.4) is 0 Å². The average Bonchev–Trinajstić information content (AvgIpc) is 3.81. The molecule has 0 saturated heterocycles. The van der Waals surface area contributed by atoms with Gasteiger partial charge >= 0.3 is 5.97 Å². The van der Waals surface area contributed by atoms with Crippen LogP contribution < -0.4 is 24.3 Å². The van der Waals surface area contributed by atoms with Gasteiger partial charge in [-0.25, -0.2) is 9.97 Å². The highest BCUT2D eigenvalue weighted by molar-refractivity contribution is 7.09. The van der Waals surface area contributed by atoms with Crippen LogP contribution in [-0.4, -0.2) is 41.2 Å². The topological polar surface area (TPSA) is 112 Å². The molecule has 0 spiro atoms. The molecular formula is C36H41N3O6S. The van der Waals surface area contributed by atoms with Gasteiger partial charge in [0.15, 0.2) is 23.0 Å². The molecule has 3 aliphatic rings. The summed E-state index contributed by atoms with van der Waals surface area (Å²) in [6.07, 6.45) is 5.70. The number of hydrogen-bond acceptors (Lipinski definition) is 9. The molecule has 0 unspecified atom stereocenters. The number of hydrogen-bond donors (Lipinski definition) is 2. The van der Waals surface area contributed by atoms with E-state index in [1.165, 1.54) is 17.5 Å². The lowest BCUT2D eigenvalue weighted by Gasteiger charge is -2.18. The van der Waals surface area contributed by atoms with Gasteiger partial charge in [-0.15, -0.1) is 11.3 Å². The second kappa shape index (κ2) is 14.0. The number of aromatic nitrogens is 2. The van der Waals surface area contributed by atoms with E-state index in [0.717, 1.165) is 71.5 Å². The summed E-state index contributed by atoms with van der Waals surface area (Å²) in [6.45, 7) is 8.11. The third-order valence-electron chi connectivity index (χ3n) is 8.36. The predicted octanol–water partition coefficient (Wildman–Crippen LogP) is 7.31. The number of benzene rings is 2. The maximum atomic E-state index is 11.5. The van der Waals surface area contributed by atoms with E-state index in [-0.39, 0.29) is 24.5 Å². The fraction of sp³-hybridized carbons (Fsp3) is 0.417. The maximum absolute atomic E-state index is 11.5. The molecule has 242 valence electrons. The lowest BCUT2D eigenvalue weighted by molar-refractivity contribution is -0.137. The number of thiazole rings is 1. The van der Waals surface area contributed by atoms with Crippen molar-refractivity contribution in [1.82, 2.24) is 9.97 Å². The van der Waals surface area contributed by atoms with Gasteiger partial charge in [0, 0.05) is 23.5 Å². The highest BCUT2D eigenvalue weighted by atomic mass is 32.1. The predicted molar refractivity (Wildman–Crippen MR) is 178 cm³/mol. The minimum Gasteiger partial charge on any atom is -0.481 e. The number of fused-ring (bicyclic) bond motifs is 3. The van der Waals surface area contributed by atoms with Crippen LogP contribution in [0.4, 0.5) is 5.82 Å². The summed E-state index contributed by atoms with van der Waals surface area (Å²) in [5, 5.41) is 16.0. The number of pyridine rings is 1. The average molecular weight is 644 g/mol. The number of carbonyl (C=O) groups is 1. The van der Waals surface area contributed by atoms with Crippen LogP contribution >= 0.6 is 11.3 Å². The molecule has 3 aliphatic heterocycles. The molecule has 0 radical (unpaired) electrons. The molecule has 46 heavy (non-hydrogen) atoms. The number of carboxylic acid groups (broad SMARTS) is 1. The van der Waals surface area contributed by atoms with Crippen molar-refractivity contribution in [3.63, 3.8) is 0 Å². The molecule has 0 saturated carbocycles. The van der Waals surface area contributed by atoms with Crippen molar-refractivity contribution < 1.29 is 28.8 Å². The zero-order chi connectivity index (χ0) is 32.1. The van der Waals surface area contributed by atoms with E-state index in [0.29, 0.717) is 24.7 Å². The Bertz CT molecular complexity index is 1680. The van der Waals surface area contributed by atoms with Crippen molar-refractivity contribution in [2.45, 2.75) is 77.0 Å². The Morgan fingerprint density at radius 3 is 2.41 bits per heavy atom. The largest absolute Gasteiger partial charge is 0.481 e. The molecule has 7 rings (SSSR count). The third-order valence-corrected chi connectivity index (χ3v) is 9.32. The Kier molecular flexibility index (Phi) is 9.63. The number of aryl methyl sites for hydroxylation is 3. The van der Waals surface area contributed by atoms with E-state index in [9.17, 15) is 9.90 Å². The molecule has 0 amide bonds. The van der Waals surface area contributed by atoms with Crippen molar-refractivity contribution in [2.24, 2.45) is 0 Å². The number of nitrogens with zero attached hydrogens (tertiary/aromatic N) is 2. The molecule has 9 nitrogen and oxygen atoms in total. The molecular weight excluding hydrogens is 602 g/mol. The van der Waals surface area contributed by atoms with Gasteiger partial charge in [-0.05, 0) is 91.0 Å². The molecule has 0 bridgehead atoms. The summed E-state index contributed by atoms with van der Waals surface area (Å²) in [7, 11) is 0. The number of carboxylic acids is 1. The Labute approximate surface area is 273 Å². The maximum Gasteiger partial charge on any atom is 0.303 e. The van der Waals surface area contributed by atoms with Crippen LogP contribution in [-0.2, 0) is 35.9 Å². The van der Waals surface area contributed by atoms with E-state index in [4.69, 9.17) is 28.9 Å². The first-order valence-electron chi connectivity index (χ1n) is 15.9. The fourth-order valence-electron chi connectivity index (χ4n) is 5.79. The Hall–Kier alpha value is -4.31. The van der Waals surface area contributed by atoms with Gasteiger partial charge in [0.2, 0.25) is 13.6 Å². The molecule has 1 atom stereocenters. The van der Waals surface area contributed by atoms with Gasteiger partial charge in [0.05, 0.1) is 17.1 Å². The van der Waals surface area contributed by atoms with Gasteiger partial charge in [-0.1, -0.05) is 39.0 Å². The number of nitrogens with one attached hydrogen (secondary N) is 1. The van der Waals surface area contributed by atoms with E-state index < -0.39 is 5.97 Å². The number of rotatable bonds is 9. The summed E-state index contributed by atoms with van der Waals surface area (Å²) in [6, 6.07) is 16.1. The molecule has 2 aromatic carbocycles. The second-order valence-electron chi connectivity index (χ2n) is 12.9. The van der Waals surface area contributed by atoms with E-state index in [1.807, 2.05) is 24.3 Å². The fourth-order valence-corrected chi connectivity index (χ4v) is 6.64. The summed E-state index contributed by atoms with van der Waals surface area (Å²) in [4.78, 5) is 21.1. The monoisotopic (exact) mass is 643 g/mol. The van der Waals surface area contributed by atoms with Gasteiger partial charge in [-0.2, -0.15) is 0 Å². The quantitative estimate of drug-likeness (QED) is 0.194. The second-order valence-corrected chi connectivity index (χ2v) is 13.8. The summed E-state index contributed by atoms with van der Waals surface area (Å²) >= 11 is 1.65.